The molecule has 0 aromatic heterocycles. The summed E-state index contributed by atoms with van der Waals surface area (Å²) in [6.07, 6.45) is 3.68. The quantitative estimate of drug-likeness (QED) is 0.689. The molecule has 1 aliphatic heterocycles. The molecule has 4 nitrogen and oxygen atoms in total. The highest BCUT2D eigenvalue weighted by Gasteiger charge is 2.15. The largest absolute Gasteiger partial charge is 0.333 e. The molecule has 1 heterocycles. The highest BCUT2D eigenvalue weighted by molar-refractivity contribution is 7.99. The molecule has 0 aromatic rings. The van der Waals surface area contributed by atoms with Gasteiger partial charge in [0.05, 0.1) is 0 Å². The monoisotopic (exact) mass is 225 g/mol. The lowest BCUT2D eigenvalue weighted by atomic mass is 10.1. The number of thioether (sulfide) groups is 1. The van der Waals surface area contributed by atoms with E-state index in [0.29, 0.717) is 0 Å². The van der Waals surface area contributed by atoms with Crippen LogP contribution in [-0.2, 0) is 10.3 Å². The molecule has 0 saturated carbocycles. The molecule has 6 heteroatoms. The van der Waals surface area contributed by atoms with Crippen LogP contribution in [0.2, 0.25) is 0 Å². The van der Waals surface area contributed by atoms with Gasteiger partial charge >= 0.3 is 10.3 Å². The third kappa shape index (κ3) is 5.51. The van der Waals surface area contributed by atoms with Crippen molar-refractivity contribution in [2.45, 2.75) is 31.7 Å². The second-order valence-electron chi connectivity index (χ2n) is 3.19. The van der Waals surface area contributed by atoms with Gasteiger partial charge in [0, 0.05) is 6.04 Å². The van der Waals surface area contributed by atoms with E-state index in [2.05, 4.69) is 4.72 Å². The summed E-state index contributed by atoms with van der Waals surface area (Å²) in [5, 5.41) is 0. The van der Waals surface area contributed by atoms with Crippen LogP contribution in [0.4, 0.5) is 0 Å². The first-order valence-corrected chi connectivity index (χ1v) is 7.00. The van der Waals surface area contributed by atoms with Crippen molar-refractivity contribution in [3.63, 3.8) is 0 Å². The molecular formula is C7H15NO3S2. The summed E-state index contributed by atoms with van der Waals surface area (Å²) in [7, 11) is -4.01. The lowest BCUT2D eigenvalue weighted by molar-refractivity contribution is 0.431. The Labute approximate surface area is 83.4 Å². The van der Waals surface area contributed by atoms with Crippen molar-refractivity contribution in [1.29, 1.82) is 0 Å². The molecule has 2 N–H and O–H groups in total. The van der Waals surface area contributed by atoms with Crippen molar-refractivity contribution < 1.29 is 13.0 Å². The zero-order chi connectivity index (χ0) is 9.73. The highest BCUT2D eigenvalue weighted by atomic mass is 32.2. The maximum Gasteiger partial charge on any atom is 0.333 e. The van der Waals surface area contributed by atoms with Gasteiger partial charge in [0.1, 0.15) is 0 Å². The van der Waals surface area contributed by atoms with E-state index in [0.717, 1.165) is 37.2 Å². The lowest BCUT2D eigenvalue weighted by Gasteiger charge is -2.18. The minimum atomic E-state index is -4.01. The van der Waals surface area contributed by atoms with E-state index in [1.807, 2.05) is 11.8 Å². The van der Waals surface area contributed by atoms with Crippen LogP contribution in [0.3, 0.4) is 0 Å². The number of hydrogen-bond acceptors (Lipinski definition) is 3. The van der Waals surface area contributed by atoms with Gasteiger partial charge in [0.15, 0.2) is 0 Å². The average molecular weight is 225 g/mol. The van der Waals surface area contributed by atoms with E-state index in [1.165, 1.54) is 0 Å². The normalized spacial score (nSPS) is 22.2. The summed E-state index contributed by atoms with van der Waals surface area (Å²) in [6, 6.07) is -0.0732. The number of rotatable bonds is 2. The smallest absolute Gasteiger partial charge is 0.273 e. The second-order valence-corrected chi connectivity index (χ2v) is 5.60. The fourth-order valence-corrected chi connectivity index (χ4v) is 3.04. The molecule has 1 fully saturated rings. The van der Waals surface area contributed by atoms with Crippen LogP contribution in [0.5, 0.6) is 0 Å². The van der Waals surface area contributed by atoms with E-state index in [4.69, 9.17) is 4.55 Å². The topological polar surface area (TPSA) is 66.4 Å². The third-order valence-electron chi connectivity index (χ3n) is 2.00. The maximum atomic E-state index is 10.5. The molecule has 13 heavy (non-hydrogen) atoms. The van der Waals surface area contributed by atoms with Crippen LogP contribution in [0.15, 0.2) is 0 Å². The SMILES string of the molecule is O=S(=O)(O)NC1CCCSCCC1. The Morgan fingerprint density at radius 1 is 1.23 bits per heavy atom. The predicted molar refractivity (Wildman–Crippen MR) is 54.3 cm³/mol. The Kier molecular flexibility index (Phi) is 4.51. The van der Waals surface area contributed by atoms with Crippen LogP contribution in [0.1, 0.15) is 25.7 Å². The van der Waals surface area contributed by atoms with Gasteiger partial charge in [-0.15, -0.1) is 0 Å². The molecule has 0 spiro atoms. The first-order valence-electron chi connectivity index (χ1n) is 4.40. The zero-order valence-corrected chi connectivity index (χ0v) is 9.03. The molecule has 0 aromatic carbocycles. The van der Waals surface area contributed by atoms with Crippen molar-refractivity contribution in [3.8, 4) is 0 Å². The van der Waals surface area contributed by atoms with E-state index in [-0.39, 0.29) is 6.04 Å². The van der Waals surface area contributed by atoms with Crippen molar-refractivity contribution in [2.75, 3.05) is 11.5 Å². The van der Waals surface area contributed by atoms with Gasteiger partial charge in [-0.1, -0.05) is 0 Å². The van der Waals surface area contributed by atoms with E-state index >= 15 is 0 Å². The van der Waals surface area contributed by atoms with Gasteiger partial charge in [-0.05, 0) is 37.2 Å². The van der Waals surface area contributed by atoms with Crippen LogP contribution < -0.4 is 4.72 Å². The summed E-state index contributed by atoms with van der Waals surface area (Å²) >= 11 is 1.91. The second kappa shape index (κ2) is 5.19. The molecule has 78 valence electrons. The van der Waals surface area contributed by atoms with Crippen molar-refractivity contribution in [3.05, 3.63) is 0 Å². The molecule has 1 saturated heterocycles. The Balaban J connectivity index is 2.38. The molecule has 0 bridgehead atoms. The summed E-state index contributed by atoms with van der Waals surface area (Å²) in [4.78, 5) is 0. The Bertz CT molecular complexity index is 232. The first-order chi connectivity index (χ1) is 6.08. The van der Waals surface area contributed by atoms with Gasteiger partial charge in [-0.25, -0.2) is 0 Å². The Morgan fingerprint density at radius 3 is 2.23 bits per heavy atom. The Morgan fingerprint density at radius 2 is 1.77 bits per heavy atom. The van der Waals surface area contributed by atoms with Gasteiger partial charge in [-0.2, -0.15) is 24.9 Å². The van der Waals surface area contributed by atoms with Gasteiger partial charge in [0.2, 0.25) is 0 Å². The number of nitrogens with one attached hydrogen (secondary N) is 1. The van der Waals surface area contributed by atoms with E-state index < -0.39 is 10.3 Å². The van der Waals surface area contributed by atoms with Crippen LogP contribution in [-0.4, -0.2) is 30.5 Å². The fraction of sp³-hybridized carbons (Fsp3) is 1.00. The predicted octanol–water partition coefficient (Wildman–Crippen LogP) is 1.05. The highest BCUT2D eigenvalue weighted by Crippen LogP contribution is 2.16. The van der Waals surface area contributed by atoms with E-state index in [1.54, 1.807) is 0 Å². The maximum absolute atomic E-state index is 10.5. The van der Waals surface area contributed by atoms with Crippen molar-refractivity contribution in [2.24, 2.45) is 0 Å². The Hall–Kier alpha value is 0.220. The number of hydrogen-bond donors (Lipinski definition) is 2. The van der Waals surface area contributed by atoms with Gasteiger partial charge < -0.3 is 0 Å². The summed E-state index contributed by atoms with van der Waals surface area (Å²) in [5.41, 5.74) is 0. The summed E-state index contributed by atoms with van der Waals surface area (Å²) in [6.45, 7) is 0. The zero-order valence-electron chi connectivity index (χ0n) is 7.40. The summed E-state index contributed by atoms with van der Waals surface area (Å²) in [5.74, 6) is 2.17. The third-order valence-corrected chi connectivity index (χ3v) is 3.78. The molecule has 0 radical (unpaired) electrons. The van der Waals surface area contributed by atoms with Gasteiger partial charge in [0.25, 0.3) is 0 Å². The molecular weight excluding hydrogens is 210 g/mol. The minimum absolute atomic E-state index is 0.0732. The minimum Gasteiger partial charge on any atom is -0.273 e. The molecule has 0 aliphatic carbocycles. The average Bonchev–Trinajstić information content (AvgIpc) is 1.92. The fourth-order valence-electron chi connectivity index (χ4n) is 1.44. The van der Waals surface area contributed by atoms with Crippen molar-refractivity contribution in [1.82, 2.24) is 4.72 Å². The molecule has 0 unspecified atom stereocenters. The van der Waals surface area contributed by atoms with Crippen molar-refractivity contribution >= 4 is 22.1 Å². The standard InChI is InChI=1S/C7H15NO3S2/c9-13(10,11)8-7-3-1-5-12-6-2-4-7/h7-8H,1-6H2,(H,9,10,11). The molecule has 1 rings (SSSR count). The van der Waals surface area contributed by atoms with Crippen LogP contribution >= 0.6 is 11.8 Å². The lowest BCUT2D eigenvalue weighted by Crippen LogP contribution is -2.34. The molecule has 1 aliphatic rings. The molecule has 0 atom stereocenters. The summed E-state index contributed by atoms with van der Waals surface area (Å²) < 4.78 is 31.9. The van der Waals surface area contributed by atoms with Gasteiger partial charge in [-0.3, -0.25) is 4.55 Å². The van der Waals surface area contributed by atoms with Crippen LogP contribution in [0, 0.1) is 0 Å². The molecule has 0 amide bonds. The van der Waals surface area contributed by atoms with E-state index in [9.17, 15) is 8.42 Å². The van der Waals surface area contributed by atoms with Crippen LogP contribution in [0.25, 0.3) is 0 Å². The first kappa shape index (κ1) is 11.3.